The Bertz CT molecular complexity index is 400. The largest absolute Gasteiger partial charge is 0.473 e. The van der Waals surface area contributed by atoms with E-state index in [4.69, 9.17) is 0 Å². The topological polar surface area (TPSA) is 35.5 Å². The quantitative estimate of drug-likeness (QED) is 0.427. The van der Waals surface area contributed by atoms with E-state index in [1.165, 1.54) is 0 Å². The molecule has 0 N–H and O–H groups in total. The summed E-state index contributed by atoms with van der Waals surface area (Å²) in [5.74, 6) is -15.8. The summed E-state index contributed by atoms with van der Waals surface area (Å²) in [6.07, 6.45) is -10.0. The van der Waals surface area contributed by atoms with Crippen LogP contribution in [0.4, 0.5) is 39.5 Å². The smallest absolute Gasteiger partial charge is 0.461 e. The van der Waals surface area contributed by atoms with Crippen LogP contribution in [0.25, 0.3) is 0 Å². The Balaban J connectivity index is 5.48. The summed E-state index contributed by atoms with van der Waals surface area (Å²) in [6.45, 7) is 0.0476. The average Bonchev–Trinajstić information content (AvgIpc) is 2.27. The number of rotatable bonds is 6. The van der Waals surface area contributed by atoms with Crippen LogP contribution in [0.3, 0.4) is 0 Å². The maximum absolute atomic E-state index is 12.8. The molecule has 118 valence electrons. The number of esters is 1. The van der Waals surface area contributed by atoms with Gasteiger partial charge in [-0.3, -0.25) is 0 Å². The standard InChI is InChI=1S/C8H5F9O3/c1-2-19-5(18)6(12,13)7(14,15)8(16,17)20-4(11)3(9)10/h2H2,1H3. The fourth-order valence-corrected chi connectivity index (χ4v) is 0.748. The predicted molar refractivity (Wildman–Crippen MR) is 42.9 cm³/mol. The van der Waals surface area contributed by atoms with Gasteiger partial charge >= 0.3 is 36.0 Å². The van der Waals surface area contributed by atoms with Crippen LogP contribution < -0.4 is 0 Å². The number of carbonyl (C=O) groups excluding carboxylic acids is 1. The lowest BCUT2D eigenvalue weighted by Crippen LogP contribution is -2.59. The summed E-state index contributed by atoms with van der Waals surface area (Å²) in [7, 11) is 0. The molecule has 12 heteroatoms. The summed E-state index contributed by atoms with van der Waals surface area (Å²) in [6, 6.07) is -3.49. The van der Waals surface area contributed by atoms with Gasteiger partial charge in [0.1, 0.15) is 0 Å². The van der Waals surface area contributed by atoms with E-state index in [2.05, 4.69) is 9.47 Å². The van der Waals surface area contributed by atoms with E-state index in [0.717, 1.165) is 6.92 Å². The Morgan fingerprint density at radius 3 is 1.80 bits per heavy atom. The normalized spacial score (nSPS) is 12.9. The fraction of sp³-hybridized carbons (Fsp3) is 0.625. The van der Waals surface area contributed by atoms with Gasteiger partial charge < -0.3 is 9.47 Å². The summed E-state index contributed by atoms with van der Waals surface area (Å²) in [5, 5.41) is 0. The second kappa shape index (κ2) is 5.79. The number of halogens is 9. The van der Waals surface area contributed by atoms with Gasteiger partial charge in [0, 0.05) is 0 Å². The van der Waals surface area contributed by atoms with Crippen LogP contribution in [0.5, 0.6) is 0 Å². The molecule has 0 aromatic heterocycles. The van der Waals surface area contributed by atoms with Crippen LogP contribution in [0.1, 0.15) is 6.92 Å². The average molecular weight is 320 g/mol. The molecule has 0 unspecified atom stereocenters. The first-order chi connectivity index (χ1) is 8.81. The highest BCUT2D eigenvalue weighted by molar-refractivity contribution is 5.79. The van der Waals surface area contributed by atoms with Crippen LogP contribution in [0.2, 0.25) is 0 Å². The van der Waals surface area contributed by atoms with Crippen LogP contribution in [-0.4, -0.2) is 30.5 Å². The highest BCUT2D eigenvalue weighted by atomic mass is 19.4. The molecular formula is C8H5F9O3. The van der Waals surface area contributed by atoms with Crippen LogP contribution in [0, 0.1) is 0 Å². The van der Waals surface area contributed by atoms with Gasteiger partial charge in [-0.2, -0.15) is 39.5 Å². The summed E-state index contributed by atoms with van der Waals surface area (Å²) in [5.41, 5.74) is 0. The highest BCUT2D eigenvalue weighted by Crippen LogP contribution is 2.48. The van der Waals surface area contributed by atoms with Crippen molar-refractivity contribution in [2.75, 3.05) is 6.61 Å². The van der Waals surface area contributed by atoms with Crippen molar-refractivity contribution in [1.82, 2.24) is 0 Å². The lowest BCUT2D eigenvalue weighted by atomic mass is 10.1. The molecule has 0 saturated carbocycles. The Morgan fingerprint density at radius 1 is 1.00 bits per heavy atom. The van der Waals surface area contributed by atoms with E-state index in [1.54, 1.807) is 0 Å². The van der Waals surface area contributed by atoms with Crippen molar-refractivity contribution in [3.8, 4) is 0 Å². The molecule has 0 spiro atoms. The molecular weight excluding hydrogens is 315 g/mol. The van der Waals surface area contributed by atoms with E-state index in [0.29, 0.717) is 0 Å². The molecule has 0 aliphatic carbocycles. The van der Waals surface area contributed by atoms with Gasteiger partial charge in [0.25, 0.3) is 0 Å². The van der Waals surface area contributed by atoms with Gasteiger partial charge in [0.15, 0.2) is 0 Å². The maximum Gasteiger partial charge on any atom is 0.473 e. The zero-order chi connectivity index (χ0) is 16.4. The third-order valence-corrected chi connectivity index (χ3v) is 1.66. The molecule has 0 rings (SSSR count). The minimum Gasteiger partial charge on any atom is -0.461 e. The van der Waals surface area contributed by atoms with Crippen molar-refractivity contribution in [3.05, 3.63) is 12.1 Å². The Hall–Kier alpha value is -1.62. The molecule has 0 radical (unpaired) electrons. The third kappa shape index (κ3) is 3.28. The van der Waals surface area contributed by atoms with Gasteiger partial charge in [-0.05, 0) is 6.92 Å². The van der Waals surface area contributed by atoms with Crippen LogP contribution >= 0.6 is 0 Å². The van der Waals surface area contributed by atoms with E-state index in [9.17, 15) is 44.3 Å². The van der Waals surface area contributed by atoms with Gasteiger partial charge in [-0.1, -0.05) is 0 Å². The monoisotopic (exact) mass is 320 g/mol. The number of hydrogen-bond acceptors (Lipinski definition) is 3. The highest BCUT2D eigenvalue weighted by Gasteiger charge is 2.78. The Kier molecular flexibility index (Phi) is 5.32. The molecule has 0 saturated heterocycles. The summed E-state index contributed by atoms with van der Waals surface area (Å²) in [4.78, 5) is 10.5. The molecule has 0 amide bonds. The van der Waals surface area contributed by atoms with Crippen molar-refractivity contribution in [3.63, 3.8) is 0 Å². The first-order valence-corrected chi connectivity index (χ1v) is 4.51. The van der Waals surface area contributed by atoms with E-state index < -0.39 is 42.6 Å². The van der Waals surface area contributed by atoms with E-state index in [-0.39, 0.29) is 0 Å². The minimum atomic E-state index is -6.64. The SMILES string of the molecule is CCOC(=O)C(F)(F)C(F)(F)C(F)(F)OC(F)=C(F)F. The van der Waals surface area contributed by atoms with Crippen molar-refractivity contribution in [2.45, 2.75) is 24.9 Å². The van der Waals surface area contributed by atoms with Crippen molar-refractivity contribution in [1.29, 1.82) is 0 Å². The van der Waals surface area contributed by atoms with E-state index >= 15 is 0 Å². The molecule has 0 aromatic rings. The molecule has 0 bridgehead atoms. The number of carbonyl (C=O) groups is 1. The lowest BCUT2D eigenvalue weighted by Gasteiger charge is -2.29. The van der Waals surface area contributed by atoms with Gasteiger partial charge in [-0.15, -0.1) is 0 Å². The Labute approximate surface area is 104 Å². The number of hydrogen-bond donors (Lipinski definition) is 0. The van der Waals surface area contributed by atoms with Crippen molar-refractivity contribution < 1.29 is 53.8 Å². The molecule has 0 atom stereocenters. The van der Waals surface area contributed by atoms with Crippen LogP contribution in [-0.2, 0) is 14.3 Å². The minimum absolute atomic E-state index is 0.857. The fourth-order valence-electron chi connectivity index (χ4n) is 0.748. The summed E-state index contributed by atoms with van der Waals surface area (Å²) >= 11 is 0. The Morgan fingerprint density at radius 2 is 1.45 bits per heavy atom. The second-order valence-electron chi connectivity index (χ2n) is 3.02. The molecule has 0 fully saturated rings. The maximum atomic E-state index is 12.8. The predicted octanol–water partition coefficient (Wildman–Crippen LogP) is 3.46. The molecule has 0 aliphatic rings. The van der Waals surface area contributed by atoms with Crippen molar-refractivity contribution in [2.24, 2.45) is 0 Å². The lowest BCUT2D eigenvalue weighted by molar-refractivity contribution is -0.387. The first kappa shape index (κ1) is 18.4. The zero-order valence-electron chi connectivity index (χ0n) is 9.33. The first-order valence-electron chi connectivity index (χ1n) is 4.51. The van der Waals surface area contributed by atoms with Gasteiger partial charge in [0.2, 0.25) is 0 Å². The second-order valence-corrected chi connectivity index (χ2v) is 3.02. The third-order valence-electron chi connectivity index (χ3n) is 1.66. The zero-order valence-corrected chi connectivity index (χ0v) is 9.33. The number of ether oxygens (including phenoxy) is 2. The molecule has 0 aromatic carbocycles. The van der Waals surface area contributed by atoms with E-state index in [1.807, 2.05) is 0 Å². The molecule has 3 nitrogen and oxygen atoms in total. The van der Waals surface area contributed by atoms with Gasteiger partial charge in [0.05, 0.1) is 6.61 Å². The number of alkyl halides is 6. The molecule has 0 heterocycles. The molecule has 20 heavy (non-hydrogen) atoms. The summed E-state index contributed by atoms with van der Waals surface area (Å²) < 4.78 is 117. The van der Waals surface area contributed by atoms with Crippen molar-refractivity contribution >= 4 is 5.97 Å². The van der Waals surface area contributed by atoms with Crippen LogP contribution in [0.15, 0.2) is 12.1 Å². The van der Waals surface area contributed by atoms with Gasteiger partial charge in [-0.25, -0.2) is 4.79 Å². The molecule has 0 aliphatic heterocycles.